The van der Waals surface area contributed by atoms with Gasteiger partial charge in [-0.15, -0.1) is 11.3 Å². The molecule has 0 bridgehead atoms. The molecule has 0 saturated heterocycles. The standard InChI is InChI=1S/C28H25N3O4S/c1-3-34-28(32)23-17-10-4-7-14-22(17)36-27(23)31-26-18(25-29-19-11-5-6-12-20(19)30-25)15-16-9-8-13-21(33-2)24(16)35-26/h5-6,8-9,11-13,15H,3-4,7,10,14H2,1-2H3,(H,29,30)/b31-26-. The fraction of sp³-hybridized carbons (Fsp3) is 0.250. The summed E-state index contributed by atoms with van der Waals surface area (Å²) in [5.41, 5.74) is 5.03. The van der Waals surface area contributed by atoms with Crippen molar-refractivity contribution in [1.29, 1.82) is 0 Å². The molecule has 0 fully saturated rings. The topological polar surface area (TPSA) is 89.7 Å². The van der Waals surface area contributed by atoms with Crippen LogP contribution in [0, 0.1) is 0 Å². The van der Waals surface area contributed by atoms with Crippen molar-refractivity contribution < 1.29 is 18.7 Å². The maximum atomic E-state index is 13.0. The van der Waals surface area contributed by atoms with Gasteiger partial charge in [0.2, 0.25) is 5.55 Å². The van der Waals surface area contributed by atoms with Crippen LogP contribution >= 0.6 is 11.3 Å². The number of aromatic nitrogens is 2. The predicted octanol–water partition coefficient (Wildman–Crippen LogP) is 6.33. The lowest BCUT2D eigenvalue weighted by molar-refractivity contribution is 0.0526. The van der Waals surface area contributed by atoms with E-state index < -0.39 is 0 Å². The largest absolute Gasteiger partial charge is 0.493 e. The zero-order valence-electron chi connectivity index (χ0n) is 20.1. The third-order valence-electron chi connectivity index (χ3n) is 6.44. The zero-order chi connectivity index (χ0) is 24.6. The molecule has 3 aromatic heterocycles. The zero-order valence-corrected chi connectivity index (χ0v) is 20.9. The van der Waals surface area contributed by atoms with Crippen molar-refractivity contribution in [3.05, 3.63) is 70.1 Å². The molecule has 0 aliphatic heterocycles. The predicted molar refractivity (Wildman–Crippen MR) is 140 cm³/mol. The molecule has 0 spiro atoms. The summed E-state index contributed by atoms with van der Waals surface area (Å²) in [5.74, 6) is 0.915. The Morgan fingerprint density at radius 3 is 2.86 bits per heavy atom. The fourth-order valence-corrected chi connectivity index (χ4v) is 6.00. The maximum absolute atomic E-state index is 13.0. The number of hydrogen-bond donors (Lipinski definition) is 1. The van der Waals surface area contributed by atoms with E-state index >= 15 is 0 Å². The second kappa shape index (κ2) is 9.28. The van der Waals surface area contributed by atoms with Crippen LogP contribution in [0.1, 0.15) is 40.6 Å². The average Bonchev–Trinajstić information content (AvgIpc) is 3.49. The van der Waals surface area contributed by atoms with Crippen molar-refractivity contribution in [2.45, 2.75) is 32.6 Å². The first-order valence-corrected chi connectivity index (χ1v) is 12.9. The van der Waals surface area contributed by atoms with Gasteiger partial charge >= 0.3 is 5.97 Å². The third-order valence-corrected chi connectivity index (χ3v) is 7.62. The molecule has 182 valence electrons. The Balaban J connectivity index is 1.64. The lowest BCUT2D eigenvalue weighted by Crippen LogP contribution is -2.11. The van der Waals surface area contributed by atoms with Gasteiger partial charge in [-0.1, -0.05) is 24.3 Å². The van der Waals surface area contributed by atoms with Gasteiger partial charge in [-0.25, -0.2) is 14.8 Å². The number of para-hydroxylation sites is 3. The summed E-state index contributed by atoms with van der Waals surface area (Å²) >= 11 is 1.55. The molecule has 0 saturated carbocycles. The third kappa shape index (κ3) is 3.87. The van der Waals surface area contributed by atoms with Crippen LogP contribution in [0.2, 0.25) is 0 Å². The highest BCUT2D eigenvalue weighted by molar-refractivity contribution is 7.16. The molecule has 2 aromatic carbocycles. The monoisotopic (exact) mass is 499 g/mol. The quantitative estimate of drug-likeness (QED) is 0.285. The second-order valence-corrected chi connectivity index (χ2v) is 9.75. The van der Waals surface area contributed by atoms with Gasteiger partial charge in [0.05, 0.1) is 35.9 Å². The molecule has 36 heavy (non-hydrogen) atoms. The molecular formula is C28H25N3O4S. The number of aromatic amines is 1. The molecule has 1 aliphatic carbocycles. The van der Waals surface area contributed by atoms with Crippen LogP contribution in [0.4, 0.5) is 5.00 Å². The number of ether oxygens (including phenoxy) is 2. The number of imidazole rings is 1. The summed E-state index contributed by atoms with van der Waals surface area (Å²) in [4.78, 5) is 27.4. The minimum absolute atomic E-state index is 0.310. The summed E-state index contributed by atoms with van der Waals surface area (Å²) in [6, 6.07) is 15.6. The summed E-state index contributed by atoms with van der Waals surface area (Å²) in [5, 5.41) is 1.47. The van der Waals surface area contributed by atoms with Crippen molar-refractivity contribution in [2.24, 2.45) is 4.99 Å². The number of esters is 1. The number of rotatable bonds is 5. The first-order valence-electron chi connectivity index (χ1n) is 12.1. The summed E-state index contributed by atoms with van der Waals surface area (Å²) in [7, 11) is 1.61. The van der Waals surface area contributed by atoms with Crippen LogP contribution in [0.3, 0.4) is 0 Å². The summed E-state index contributed by atoms with van der Waals surface area (Å²) in [6.07, 6.45) is 3.96. The molecule has 1 aliphatic rings. The van der Waals surface area contributed by atoms with Gasteiger partial charge < -0.3 is 18.9 Å². The number of thiophene rings is 1. The number of methoxy groups -OCH3 is 1. The Hall–Kier alpha value is -3.91. The van der Waals surface area contributed by atoms with E-state index in [0.29, 0.717) is 45.4 Å². The highest BCUT2D eigenvalue weighted by atomic mass is 32.1. The SMILES string of the molecule is CCOC(=O)c1c(/N=c2\oc3c(OC)cccc3cc2-c2nc3ccccc3[nH]2)sc2c1CCCC2. The van der Waals surface area contributed by atoms with Crippen LogP contribution in [0.25, 0.3) is 33.4 Å². The van der Waals surface area contributed by atoms with Crippen LogP contribution in [0.5, 0.6) is 5.75 Å². The first-order chi connectivity index (χ1) is 17.7. The van der Waals surface area contributed by atoms with Crippen LogP contribution < -0.4 is 10.3 Å². The van der Waals surface area contributed by atoms with E-state index in [1.807, 2.05) is 55.5 Å². The van der Waals surface area contributed by atoms with Crippen molar-refractivity contribution in [3.63, 3.8) is 0 Å². The van der Waals surface area contributed by atoms with E-state index in [9.17, 15) is 4.79 Å². The van der Waals surface area contributed by atoms with E-state index in [1.165, 1.54) is 4.88 Å². The van der Waals surface area contributed by atoms with E-state index in [2.05, 4.69) is 4.98 Å². The minimum Gasteiger partial charge on any atom is -0.493 e. The molecule has 7 nitrogen and oxygen atoms in total. The molecule has 6 rings (SSSR count). The summed E-state index contributed by atoms with van der Waals surface area (Å²) in [6.45, 7) is 2.13. The Labute approximate surface area is 211 Å². The van der Waals surface area contributed by atoms with E-state index in [0.717, 1.165) is 47.7 Å². The number of carbonyl (C=O) groups excluding carboxylic acids is 1. The number of nitrogens with zero attached hydrogens (tertiary/aromatic N) is 2. The Morgan fingerprint density at radius 1 is 1.17 bits per heavy atom. The van der Waals surface area contributed by atoms with Crippen molar-refractivity contribution >= 4 is 44.3 Å². The lowest BCUT2D eigenvalue weighted by Gasteiger charge is -2.11. The molecular weight excluding hydrogens is 474 g/mol. The number of benzene rings is 2. The second-order valence-electron chi connectivity index (χ2n) is 8.67. The maximum Gasteiger partial charge on any atom is 0.341 e. The van der Waals surface area contributed by atoms with Crippen molar-refractivity contribution in [1.82, 2.24) is 9.97 Å². The average molecular weight is 500 g/mol. The van der Waals surface area contributed by atoms with Crippen molar-refractivity contribution in [2.75, 3.05) is 13.7 Å². The van der Waals surface area contributed by atoms with Crippen molar-refractivity contribution in [3.8, 4) is 17.1 Å². The summed E-state index contributed by atoms with van der Waals surface area (Å²) < 4.78 is 17.4. The Morgan fingerprint density at radius 2 is 2.03 bits per heavy atom. The van der Waals surface area contributed by atoms with E-state index in [4.69, 9.17) is 23.9 Å². The molecule has 1 N–H and O–H groups in total. The molecule has 0 radical (unpaired) electrons. The van der Waals surface area contributed by atoms with Gasteiger partial charge in [0, 0.05) is 10.3 Å². The number of H-pyrrole nitrogens is 1. The van der Waals surface area contributed by atoms with E-state index in [-0.39, 0.29) is 5.97 Å². The van der Waals surface area contributed by atoms with Gasteiger partial charge in [0.1, 0.15) is 10.8 Å². The number of hydrogen-bond acceptors (Lipinski definition) is 7. The first kappa shape index (κ1) is 22.5. The van der Waals surface area contributed by atoms with Gasteiger partial charge in [0.25, 0.3) is 0 Å². The van der Waals surface area contributed by atoms with E-state index in [1.54, 1.807) is 18.4 Å². The number of aryl methyl sites for hydroxylation is 1. The normalized spacial score (nSPS) is 13.8. The highest BCUT2D eigenvalue weighted by Gasteiger charge is 2.27. The number of fused-ring (bicyclic) bond motifs is 3. The van der Waals surface area contributed by atoms with Gasteiger partial charge in [-0.05, 0) is 62.4 Å². The van der Waals surface area contributed by atoms with Crippen LogP contribution in [-0.2, 0) is 17.6 Å². The molecule has 5 aromatic rings. The Bertz CT molecular complexity index is 1640. The smallest absolute Gasteiger partial charge is 0.341 e. The molecule has 3 heterocycles. The van der Waals surface area contributed by atoms with Gasteiger partial charge in [-0.2, -0.15) is 0 Å². The van der Waals surface area contributed by atoms with Crippen LogP contribution in [-0.4, -0.2) is 29.7 Å². The molecule has 0 amide bonds. The van der Waals surface area contributed by atoms with Gasteiger partial charge in [-0.3, -0.25) is 0 Å². The van der Waals surface area contributed by atoms with Gasteiger partial charge in [0.15, 0.2) is 11.3 Å². The Kier molecular flexibility index (Phi) is 5.81. The number of nitrogens with one attached hydrogen (secondary N) is 1. The fourth-order valence-electron chi connectivity index (χ4n) is 4.75. The highest BCUT2D eigenvalue weighted by Crippen LogP contribution is 2.40. The molecule has 8 heteroatoms. The van der Waals surface area contributed by atoms with Crippen LogP contribution in [0.15, 0.2) is 57.9 Å². The minimum atomic E-state index is -0.334. The molecule has 0 atom stereocenters. The number of carbonyl (C=O) groups is 1. The molecule has 0 unspecified atom stereocenters. The lowest BCUT2D eigenvalue weighted by atomic mass is 9.95.